The minimum Gasteiger partial charge on any atom is -0.278 e. The highest BCUT2D eigenvalue weighted by molar-refractivity contribution is 6.16. The van der Waals surface area contributed by atoms with Crippen LogP contribution in [0.5, 0.6) is 0 Å². The zero-order chi connectivity index (χ0) is 28.0. The normalized spacial score (nSPS) is 13.7. The Morgan fingerprint density at radius 3 is 2.17 bits per heavy atom. The highest BCUT2D eigenvalue weighted by atomic mass is 15.2. The van der Waals surface area contributed by atoms with Crippen molar-refractivity contribution in [2.24, 2.45) is 0 Å². The van der Waals surface area contributed by atoms with Crippen molar-refractivity contribution in [2.45, 2.75) is 19.3 Å². The Hall–Kier alpha value is -5.28. The summed E-state index contributed by atoms with van der Waals surface area (Å²) in [7, 11) is 0. The van der Waals surface area contributed by atoms with Crippen LogP contribution in [0, 0.1) is 0 Å². The summed E-state index contributed by atoms with van der Waals surface area (Å²) in [4.78, 5) is 10.4. The van der Waals surface area contributed by atoms with E-state index in [1.165, 1.54) is 43.8 Å². The third kappa shape index (κ3) is 3.11. The van der Waals surface area contributed by atoms with Crippen molar-refractivity contribution in [3.63, 3.8) is 0 Å². The van der Waals surface area contributed by atoms with Gasteiger partial charge in [0.25, 0.3) is 0 Å². The van der Waals surface area contributed by atoms with Crippen LogP contribution in [0.3, 0.4) is 0 Å². The lowest BCUT2D eigenvalue weighted by Gasteiger charge is -2.21. The molecule has 0 aliphatic heterocycles. The first-order chi connectivity index (χ1) is 20.6. The van der Waals surface area contributed by atoms with Crippen LogP contribution in [0.1, 0.15) is 25.0 Å². The molecule has 0 unspecified atom stereocenters. The molecule has 2 heterocycles. The summed E-state index contributed by atoms with van der Waals surface area (Å²) >= 11 is 0. The van der Waals surface area contributed by atoms with Crippen LogP contribution in [0.4, 0.5) is 0 Å². The van der Waals surface area contributed by atoms with E-state index >= 15 is 0 Å². The van der Waals surface area contributed by atoms with Crippen molar-refractivity contribution >= 4 is 43.5 Å². The highest BCUT2D eigenvalue weighted by Gasteiger charge is 2.36. The molecule has 0 spiro atoms. The van der Waals surface area contributed by atoms with E-state index in [-0.39, 0.29) is 5.41 Å². The van der Waals surface area contributed by atoms with E-state index in [1.807, 2.05) is 12.1 Å². The molecule has 8 aromatic rings. The number of rotatable bonds is 2. The van der Waals surface area contributed by atoms with Gasteiger partial charge in [-0.1, -0.05) is 117 Å². The minimum atomic E-state index is -0.0319. The number of nitrogens with zero attached hydrogens (tertiary/aromatic N) is 3. The van der Waals surface area contributed by atoms with Crippen LogP contribution in [0.15, 0.2) is 127 Å². The molecule has 0 atom stereocenters. The van der Waals surface area contributed by atoms with Gasteiger partial charge in [-0.25, -0.2) is 9.97 Å². The maximum atomic E-state index is 5.25. The third-order valence-corrected chi connectivity index (χ3v) is 9.19. The Labute approximate surface area is 243 Å². The second kappa shape index (κ2) is 8.37. The first-order valence-corrected chi connectivity index (χ1v) is 14.5. The standard InChI is InChI=1S/C39H27N3/c1-39(2)31-17-9-6-15-27(31)36-29-23-30-26-14-8-11-19-34(26)42(35(30)22-25(29)20-21-32(36)39)38-40-33-18-10-7-16-28(33)37(41-38)24-12-4-3-5-13-24/h3-23H,1-2H3. The fourth-order valence-corrected chi connectivity index (χ4v) is 7.19. The summed E-state index contributed by atoms with van der Waals surface area (Å²) in [6, 6.07) is 45.6. The molecule has 0 saturated carbocycles. The van der Waals surface area contributed by atoms with Gasteiger partial charge in [0.1, 0.15) is 0 Å². The van der Waals surface area contributed by atoms with E-state index in [9.17, 15) is 0 Å². The molecule has 42 heavy (non-hydrogen) atoms. The van der Waals surface area contributed by atoms with Crippen LogP contribution < -0.4 is 0 Å². The lowest BCUT2D eigenvalue weighted by atomic mass is 9.82. The second-order valence-electron chi connectivity index (χ2n) is 11.9. The van der Waals surface area contributed by atoms with Crippen LogP contribution in [-0.4, -0.2) is 14.5 Å². The summed E-state index contributed by atoms with van der Waals surface area (Å²) in [6.45, 7) is 4.69. The zero-order valence-corrected chi connectivity index (χ0v) is 23.5. The fourth-order valence-electron chi connectivity index (χ4n) is 7.19. The molecule has 0 N–H and O–H groups in total. The molecular formula is C39H27N3. The van der Waals surface area contributed by atoms with Gasteiger partial charge in [0.2, 0.25) is 5.95 Å². The summed E-state index contributed by atoms with van der Waals surface area (Å²) in [5, 5.41) is 5.99. The molecule has 1 aliphatic carbocycles. The Morgan fingerprint density at radius 2 is 1.29 bits per heavy atom. The van der Waals surface area contributed by atoms with Gasteiger partial charge in [0, 0.05) is 27.1 Å². The van der Waals surface area contributed by atoms with E-state index in [0.29, 0.717) is 5.95 Å². The molecule has 0 saturated heterocycles. The Balaban J connectivity index is 1.39. The van der Waals surface area contributed by atoms with Crippen molar-refractivity contribution in [1.82, 2.24) is 14.5 Å². The van der Waals surface area contributed by atoms with Crippen LogP contribution in [0.25, 0.3) is 71.8 Å². The van der Waals surface area contributed by atoms with E-state index in [4.69, 9.17) is 9.97 Å². The summed E-state index contributed by atoms with van der Waals surface area (Å²) in [5.41, 5.74) is 10.6. The van der Waals surface area contributed by atoms with Crippen molar-refractivity contribution in [2.75, 3.05) is 0 Å². The van der Waals surface area contributed by atoms with E-state index < -0.39 is 0 Å². The fraction of sp³-hybridized carbons (Fsp3) is 0.0769. The number of para-hydroxylation sites is 2. The number of aromatic nitrogens is 3. The average Bonchev–Trinajstić information content (AvgIpc) is 3.48. The molecule has 1 aliphatic rings. The molecule has 0 bridgehead atoms. The number of benzene rings is 6. The van der Waals surface area contributed by atoms with Gasteiger partial charge >= 0.3 is 0 Å². The number of hydrogen-bond acceptors (Lipinski definition) is 2. The predicted molar refractivity (Wildman–Crippen MR) is 174 cm³/mol. The van der Waals surface area contributed by atoms with Crippen molar-refractivity contribution < 1.29 is 0 Å². The minimum absolute atomic E-state index is 0.0319. The molecule has 0 amide bonds. The van der Waals surface area contributed by atoms with Gasteiger partial charge in [0.15, 0.2) is 0 Å². The van der Waals surface area contributed by atoms with E-state index in [0.717, 1.165) is 33.2 Å². The number of fused-ring (bicyclic) bond motifs is 9. The van der Waals surface area contributed by atoms with E-state index in [1.54, 1.807) is 0 Å². The zero-order valence-electron chi connectivity index (χ0n) is 23.5. The quantitative estimate of drug-likeness (QED) is 0.220. The van der Waals surface area contributed by atoms with Crippen LogP contribution in [-0.2, 0) is 5.41 Å². The van der Waals surface area contributed by atoms with E-state index in [2.05, 4.69) is 134 Å². The summed E-state index contributed by atoms with van der Waals surface area (Å²) < 4.78 is 2.24. The highest BCUT2D eigenvalue weighted by Crippen LogP contribution is 2.52. The predicted octanol–water partition coefficient (Wildman–Crippen LogP) is 9.85. The SMILES string of the molecule is CC1(C)c2ccccc2-c2c1ccc1cc3c(cc21)c1ccccc1n3-c1nc(-c2ccccc2)c2ccccc2n1. The molecule has 9 rings (SSSR count). The second-order valence-corrected chi connectivity index (χ2v) is 11.9. The number of hydrogen-bond donors (Lipinski definition) is 0. The smallest absolute Gasteiger partial charge is 0.235 e. The topological polar surface area (TPSA) is 30.7 Å². The lowest BCUT2D eigenvalue weighted by Crippen LogP contribution is -2.14. The Bertz CT molecular complexity index is 2380. The van der Waals surface area contributed by atoms with Gasteiger partial charge in [0.05, 0.1) is 22.2 Å². The molecule has 2 aromatic heterocycles. The third-order valence-electron chi connectivity index (χ3n) is 9.19. The van der Waals surface area contributed by atoms with Crippen molar-refractivity contribution in [3.05, 3.63) is 139 Å². The molecule has 6 aromatic carbocycles. The summed E-state index contributed by atoms with van der Waals surface area (Å²) in [6.07, 6.45) is 0. The average molecular weight is 538 g/mol. The monoisotopic (exact) mass is 537 g/mol. The summed E-state index contributed by atoms with van der Waals surface area (Å²) in [5.74, 6) is 0.686. The van der Waals surface area contributed by atoms with Gasteiger partial charge in [-0.05, 0) is 57.3 Å². The Morgan fingerprint density at radius 1 is 0.548 bits per heavy atom. The molecule has 3 nitrogen and oxygen atoms in total. The Kier molecular flexibility index (Phi) is 4.67. The largest absolute Gasteiger partial charge is 0.278 e. The van der Waals surface area contributed by atoms with Gasteiger partial charge < -0.3 is 0 Å². The molecule has 0 fully saturated rings. The molecule has 3 heteroatoms. The van der Waals surface area contributed by atoms with Crippen molar-refractivity contribution in [3.8, 4) is 28.3 Å². The van der Waals surface area contributed by atoms with Gasteiger partial charge in [-0.2, -0.15) is 0 Å². The van der Waals surface area contributed by atoms with Crippen molar-refractivity contribution in [1.29, 1.82) is 0 Å². The van der Waals surface area contributed by atoms with Crippen LogP contribution in [0.2, 0.25) is 0 Å². The van der Waals surface area contributed by atoms with Gasteiger partial charge in [-0.3, -0.25) is 4.57 Å². The lowest BCUT2D eigenvalue weighted by molar-refractivity contribution is 0.661. The van der Waals surface area contributed by atoms with Crippen LogP contribution >= 0.6 is 0 Å². The first kappa shape index (κ1) is 23.4. The molecule has 198 valence electrons. The van der Waals surface area contributed by atoms with Gasteiger partial charge in [-0.15, -0.1) is 0 Å². The maximum Gasteiger partial charge on any atom is 0.235 e. The molecular weight excluding hydrogens is 510 g/mol. The maximum absolute atomic E-state index is 5.25. The molecule has 0 radical (unpaired) electrons. The first-order valence-electron chi connectivity index (χ1n) is 14.5.